The fourth-order valence-corrected chi connectivity index (χ4v) is 7.61. The highest BCUT2D eigenvalue weighted by Gasteiger charge is 2.34. The molecule has 0 unspecified atom stereocenters. The quantitative estimate of drug-likeness (QED) is 0.187. The first-order chi connectivity index (χ1) is 18.9. The van der Waals surface area contributed by atoms with Crippen molar-refractivity contribution in [3.8, 4) is 11.1 Å². The summed E-state index contributed by atoms with van der Waals surface area (Å²) in [5, 5.41) is 0. The van der Waals surface area contributed by atoms with Gasteiger partial charge < -0.3 is 0 Å². The van der Waals surface area contributed by atoms with Gasteiger partial charge in [0.2, 0.25) is 0 Å². The van der Waals surface area contributed by atoms with Crippen LogP contribution in [0.15, 0.2) is 18.2 Å². The summed E-state index contributed by atoms with van der Waals surface area (Å²) in [4.78, 5) is 0. The topological polar surface area (TPSA) is 0 Å². The largest absolute Gasteiger partial charge is 0.203 e. The van der Waals surface area contributed by atoms with Crippen LogP contribution >= 0.6 is 0 Å². The lowest BCUT2D eigenvalue weighted by atomic mass is 9.76. The van der Waals surface area contributed by atoms with E-state index in [1.54, 1.807) is 18.2 Å². The van der Waals surface area contributed by atoms with Crippen molar-refractivity contribution < 1.29 is 17.6 Å². The van der Waals surface area contributed by atoms with Gasteiger partial charge in [-0.1, -0.05) is 70.6 Å². The molecule has 212 valence electrons. The Hall–Kier alpha value is -2.10. The maximum Gasteiger partial charge on any atom is 0.167 e. The number of benzene rings is 2. The van der Waals surface area contributed by atoms with E-state index < -0.39 is 23.3 Å². The van der Waals surface area contributed by atoms with Crippen LogP contribution in [0, 0.1) is 41.0 Å². The molecule has 2 aromatic rings. The van der Waals surface area contributed by atoms with Crippen molar-refractivity contribution in [2.75, 3.05) is 0 Å². The molecule has 2 saturated carbocycles. The first kappa shape index (κ1) is 28.4. The fraction of sp³-hybridized carbons (Fsp3) is 0.600. The molecule has 0 spiro atoms. The molecule has 39 heavy (non-hydrogen) atoms. The second kappa shape index (κ2) is 12.6. The Balaban J connectivity index is 1.32. The van der Waals surface area contributed by atoms with E-state index in [0.717, 1.165) is 50.9 Å². The van der Waals surface area contributed by atoms with Crippen LogP contribution in [0.1, 0.15) is 132 Å². The number of unbranched alkanes of at least 4 members (excludes halogenated alkanes) is 2. The van der Waals surface area contributed by atoms with E-state index in [1.807, 2.05) is 6.08 Å². The van der Waals surface area contributed by atoms with Crippen LogP contribution in [0.4, 0.5) is 17.6 Å². The molecule has 0 radical (unpaired) electrons. The molecular weight excluding hydrogens is 496 g/mol. The van der Waals surface area contributed by atoms with Crippen molar-refractivity contribution in [2.24, 2.45) is 17.8 Å². The van der Waals surface area contributed by atoms with Crippen molar-refractivity contribution >= 4 is 6.08 Å². The lowest BCUT2D eigenvalue weighted by molar-refractivity contribution is 0.290. The van der Waals surface area contributed by atoms with Gasteiger partial charge in [0.15, 0.2) is 23.3 Å². The normalized spacial score (nSPS) is 24.8. The summed E-state index contributed by atoms with van der Waals surface area (Å²) in [6.45, 7) is 4.41. The van der Waals surface area contributed by atoms with Crippen LogP contribution in [0.3, 0.4) is 0 Å². The third-order valence-electron chi connectivity index (χ3n) is 9.90. The Morgan fingerprint density at radius 3 is 1.95 bits per heavy atom. The van der Waals surface area contributed by atoms with Crippen LogP contribution in [0.25, 0.3) is 17.2 Å². The Labute approximate surface area is 232 Å². The predicted octanol–water partition coefficient (Wildman–Crippen LogP) is 11.3. The summed E-state index contributed by atoms with van der Waals surface area (Å²) in [6, 6.07) is 3.39. The number of hydrogen-bond donors (Lipinski definition) is 0. The highest BCUT2D eigenvalue weighted by Crippen LogP contribution is 2.46. The molecule has 4 heteroatoms. The Morgan fingerprint density at radius 1 is 0.667 bits per heavy atom. The van der Waals surface area contributed by atoms with Gasteiger partial charge in [0.25, 0.3) is 0 Å². The predicted molar refractivity (Wildman–Crippen MR) is 153 cm³/mol. The van der Waals surface area contributed by atoms with Crippen LogP contribution < -0.4 is 0 Å². The summed E-state index contributed by atoms with van der Waals surface area (Å²) in [5.74, 6) is -2.10. The second-order valence-electron chi connectivity index (χ2n) is 12.6. The molecule has 2 fully saturated rings. The molecule has 0 heterocycles. The molecule has 0 bridgehead atoms. The van der Waals surface area contributed by atoms with Crippen molar-refractivity contribution in [3.05, 3.63) is 63.7 Å². The minimum absolute atomic E-state index is 0.0107. The van der Waals surface area contributed by atoms with Gasteiger partial charge >= 0.3 is 0 Å². The van der Waals surface area contributed by atoms with E-state index in [9.17, 15) is 0 Å². The molecule has 2 aromatic carbocycles. The van der Waals surface area contributed by atoms with Gasteiger partial charge in [0.1, 0.15) is 0 Å². The fourth-order valence-electron chi connectivity index (χ4n) is 7.61. The van der Waals surface area contributed by atoms with Gasteiger partial charge in [0, 0.05) is 16.7 Å². The molecule has 0 N–H and O–H groups in total. The molecular formula is C35H44F4. The van der Waals surface area contributed by atoms with E-state index in [-0.39, 0.29) is 22.6 Å². The Kier molecular flexibility index (Phi) is 9.19. The number of fused-ring (bicyclic) bond motifs is 3. The number of hydrogen-bond acceptors (Lipinski definition) is 0. The van der Waals surface area contributed by atoms with Gasteiger partial charge in [-0.25, -0.2) is 17.6 Å². The lowest BCUT2D eigenvalue weighted by Crippen LogP contribution is -2.15. The van der Waals surface area contributed by atoms with Gasteiger partial charge in [0.05, 0.1) is 0 Å². The smallest absolute Gasteiger partial charge is 0.167 e. The zero-order valence-electron chi connectivity index (χ0n) is 23.7. The molecule has 0 saturated heterocycles. The highest BCUT2D eigenvalue weighted by molar-refractivity contribution is 5.80. The van der Waals surface area contributed by atoms with E-state index in [4.69, 9.17) is 0 Å². The minimum Gasteiger partial charge on any atom is -0.203 e. The van der Waals surface area contributed by atoms with Gasteiger partial charge in [-0.3, -0.25) is 0 Å². The van der Waals surface area contributed by atoms with Crippen molar-refractivity contribution in [1.82, 2.24) is 0 Å². The average Bonchev–Trinajstić information content (AvgIpc) is 3.32. The number of allylic oxidation sites excluding steroid dienone is 1. The summed E-state index contributed by atoms with van der Waals surface area (Å²) < 4.78 is 61.4. The van der Waals surface area contributed by atoms with E-state index in [2.05, 4.69) is 13.8 Å². The molecule has 0 amide bonds. The Morgan fingerprint density at radius 2 is 1.28 bits per heavy atom. The van der Waals surface area contributed by atoms with Crippen molar-refractivity contribution in [3.63, 3.8) is 0 Å². The third-order valence-corrected chi connectivity index (χ3v) is 9.90. The van der Waals surface area contributed by atoms with E-state index in [1.165, 1.54) is 44.9 Å². The lowest BCUT2D eigenvalue weighted by Gasteiger charge is -2.29. The van der Waals surface area contributed by atoms with E-state index >= 15 is 17.6 Å². The van der Waals surface area contributed by atoms with Crippen LogP contribution in [-0.4, -0.2) is 0 Å². The second-order valence-corrected chi connectivity index (χ2v) is 12.6. The molecule has 5 rings (SSSR count). The SMILES string of the molecule is CCCCCC1CCC(/C=C/c2cc3c(c(F)c2F)-c2c(cc(C4CCC(CCC)CC4)c(F)c2F)C3)CC1. The van der Waals surface area contributed by atoms with Crippen LogP contribution in [0.5, 0.6) is 0 Å². The summed E-state index contributed by atoms with van der Waals surface area (Å²) in [7, 11) is 0. The molecule has 0 aromatic heterocycles. The van der Waals surface area contributed by atoms with Crippen LogP contribution in [0.2, 0.25) is 0 Å². The molecule has 0 aliphatic heterocycles. The maximum absolute atomic E-state index is 15.4. The number of halogens is 4. The van der Waals surface area contributed by atoms with Gasteiger partial charge in [-0.05, 0) is 104 Å². The summed E-state index contributed by atoms with van der Waals surface area (Å²) >= 11 is 0. The zero-order valence-corrected chi connectivity index (χ0v) is 23.7. The molecule has 3 aliphatic carbocycles. The monoisotopic (exact) mass is 540 g/mol. The maximum atomic E-state index is 15.4. The summed E-state index contributed by atoms with van der Waals surface area (Å²) in [6.07, 6.45) is 19.9. The van der Waals surface area contributed by atoms with Gasteiger partial charge in [-0.15, -0.1) is 0 Å². The average molecular weight is 541 g/mol. The third kappa shape index (κ3) is 6.00. The first-order valence-corrected chi connectivity index (χ1v) is 15.6. The zero-order chi connectivity index (χ0) is 27.5. The van der Waals surface area contributed by atoms with E-state index in [0.29, 0.717) is 34.9 Å². The molecule has 3 aliphatic rings. The highest BCUT2D eigenvalue weighted by atomic mass is 19.2. The minimum atomic E-state index is -1.06. The Bertz CT molecular complexity index is 1180. The van der Waals surface area contributed by atoms with Gasteiger partial charge in [-0.2, -0.15) is 0 Å². The first-order valence-electron chi connectivity index (χ1n) is 15.6. The molecule has 0 nitrogen and oxygen atoms in total. The summed E-state index contributed by atoms with van der Waals surface area (Å²) in [5.41, 5.74) is 1.57. The van der Waals surface area contributed by atoms with Crippen molar-refractivity contribution in [2.45, 2.75) is 116 Å². The standard InChI is InChI=1S/C35H44F4/c1-3-5-6-8-23-9-11-24(12-10-23)15-18-26-19-27-20-28-21-29(25-16-13-22(7-4-2)14-17-25)33(37)35(39)31(28)30(27)34(38)32(26)36/h15,18-19,21-25H,3-14,16-17,20H2,1-2H3/b18-15+. The van der Waals surface area contributed by atoms with Crippen LogP contribution in [-0.2, 0) is 6.42 Å². The number of rotatable bonds is 9. The van der Waals surface area contributed by atoms with Crippen molar-refractivity contribution in [1.29, 1.82) is 0 Å². The molecule has 0 atom stereocenters.